The van der Waals surface area contributed by atoms with Gasteiger partial charge in [0.15, 0.2) is 0 Å². The first kappa shape index (κ1) is 14.5. The van der Waals surface area contributed by atoms with Gasteiger partial charge in [-0.1, -0.05) is 5.11 Å². The summed E-state index contributed by atoms with van der Waals surface area (Å²) in [6.07, 6.45) is 1.09. The van der Waals surface area contributed by atoms with Crippen LogP contribution in [0.25, 0.3) is 10.4 Å². The third-order valence-corrected chi connectivity index (χ3v) is 5.61. The van der Waals surface area contributed by atoms with Crippen LogP contribution < -0.4 is 0 Å². The van der Waals surface area contributed by atoms with Crippen molar-refractivity contribution < 1.29 is 5.11 Å². The van der Waals surface area contributed by atoms with Crippen molar-refractivity contribution in [2.75, 3.05) is 11.5 Å². The Morgan fingerprint density at radius 1 is 1.59 bits per heavy atom. The molecule has 0 spiro atoms. The van der Waals surface area contributed by atoms with Gasteiger partial charge >= 0.3 is 0 Å². The molecule has 0 saturated carbocycles. The molecule has 1 aliphatic heterocycles. The number of aliphatic hydroxyl groups excluding tert-OH is 1. The van der Waals surface area contributed by atoms with Gasteiger partial charge in [-0.2, -0.15) is 5.26 Å². The predicted molar refractivity (Wildman–Crippen MR) is 71.7 cm³/mol. The van der Waals surface area contributed by atoms with E-state index in [4.69, 9.17) is 10.8 Å². The Morgan fingerprint density at radius 2 is 2.24 bits per heavy atom. The van der Waals surface area contributed by atoms with E-state index in [-0.39, 0.29) is 0 Å². The van der Waals surface area contributed by atoms with Crippen molar-refractivity contribution in [3.8, 4) is 6.07 Å². The second-order valence-corrected chi connectivity index (χ2v) is 6.85. The van der Waals surface area contributed by atoms with Crippen LogP contribution in [0.1, 0.15) is 19.8 Å². The van der Waals surface area contributed by atoms with Gasteiger partial charge in [0.2, 0.25) is 0 Å². The molecule has 0 aromatic carbocycles. The molecule has 1 heterocycles. The number of nitrogens with zero attached hydrogens (tertiary/aromatic N) is 4. The molecule has 0 radical (unpaired) electrons. The molecular weight excluding hydrogens is 256 g/mol. The molecule has 3 atom stereocenters. The summed E-state index contributed by atoms with van der Waals surface area (Å²) in [5.74, 6) is 1.62. The standard InChI is InChI=1S/C10H16N4OS2/c1-7(15)8(6-11)9(13-14-12)5-10-16-3-2-4-17-10/h7-10,15H,2-5H2,1H3/t7-,8-,9-/m1/s1. The van der Waals surface area contributed by atoms with Crippen molar-refractivity contribution in [1.82, 2.24) is 0 Å². The SMILES string of the molecule is C[C@@H](O)[C@@H](C#N)[C@@H](CC1SCCCS1)N=[N+]=[N-]. The molecule has 1 saturated heterocycles. The summed E-state index contributed by atoms with van der Waals surface area (Å²) in [4.78, 5) is 2.80. The van der Waals surface area contributed by atoms with E-state index in [9.17, 15) is 5.11 Å². The van der Waals surface area contributed by atoms with Crippen molar-refractivity contribution >= 4 is 23.5 Å². The average molecular weight is 272 g/mol. The molecule has 1 N–H and O–H groups in total. The Morgan fingerprint density at radius 3 is 2.71 bits per heavy atom. The van der Waals surface area contributed by atoms with Crippen molar-refractivity contribution in [2.24, 2.45) is 11.0 Å². The normalized spacial score (nSPS) is 21.9. The maximum atomic E-state index is 9.52. The van der Waals surface area contributed by atoms with Crippen LogP contribution in [0, 0.1) is 17.2 Å². The van der Waals surface area contributed by atoms with E-state index in [0.29, 0.717) is 11.0 Å². The van der Waals surface area contributed by atoms with Gasteiger partial charge in [0.05, 0.1) is 28.7 Å². The summed E-state index contributed by atoms with van der Waals surface area (Å²) in [7, 11) is 0. The van der Waals surface area contributed by atoms with Crippen LogP contribution in [0.15, 0.2) is 5.11 Å². The van der Waals surface area contributed by atoms with E-state index < -0.39 is 18.1 Å². The summed E-state index contributed by atoms with van der Waals surface area (Å²) >= 11 is 3.69. The molecule has 0 aliphatic carbocycles. The van der Waals surface area contributed by atoms with Crippen LogP contribution >= 0.6 is 23.5 Å². The maximum absolute atomic E-state index is 9.52. The summed E-state index contributed by atoms with van der Waals surface area (Å²) in [6, 6.07) is 1.61. The third kappa shape index (κ3) is 4.68. The highest BCUT2D eigenvalue weighted by atomic mass is 32.2. The van der Waals surface area contributed by atoms with Crippen molar-refractivity contribution in [3.63, 3.8) is 0 Å². The lowest BCUT2D eigenvalue weighted by molar-refractivity contribution is 0.137. The topological polar surface area (TPSA) is 92.8 Å². The van der Waals surface area contributed by atoms with Crippen LogP contribution in [0.5, 0.6) is 0 Å². The highest BCUT2D eigenvalue weighted by Gasteiger charge is 2.28. The fraction of sp³-hybridized carbons (Fsp3) is 0.900. The second-order valence-electron chi connectivity index (χ2n) is 3.93. The zero-order chi connectivity index (χ0) is 12.7. The lowest BCUT2D eigenvalue weighted by Crippen LogP contribution is -2.29. The van der Waals surface area contributed by atoms with Gasteiger partial charge in [-0.05, 0) is 36.8 Å². The van der Waals surface area contributed by atoms with Crippen molar-refractivity contribution in [3.05, 3.63) is 10.4 Å². The first-order chi connectivity index (χ1) is 8.19. The molecule has 7 heteroatoms. The van der Waals surface area contributed by atoms with E-state index in [2.05, 4.69) is 10.0 Å². The molecule has 1 rings (SSSR count). The van der Waals surface area contributed by atoms with Crippen LogP contribution in [0.3, 0.4) is 0 Å². The van der Waals surface area contributed by atoms with Gasteiger partial charge in [-0.25, -0.2) is 0 Å². The van der Waals surface area contributed by atoms with Crippen molar-refractivity contribution in [2.45, 2.75) is 36.5 Å². The monoisotopic (exact) mass is 272 g/mol. The molecule has 94 valence electrons. The Bertz CT molecular complexity index is 319. The maximum Gasteiger partial charge on any atom is 0.0805 e. The number of azide groups is 1. The molecule has 0 amide bonds. The van der Waals surface area contributed by atoms with Gasteiger partial charge in [-0.3, -0.25) is 0 Å². The van der Waals surface area contributed by atoms with E-state index >= 15 is 0 Å². The molecule has 0 aromatic heterocycles. The van der Waals surface area contributed by atoms with Gasteiger partial charge in [0.1, 0.15) is 0 Å². The van der Waals surface area contributed by atoms with Crippen LogP contribution in [-0.2, 0) is 0 Å². The third-order valence-electron chi connectivity index (χ3n) is 2.61. The lowest BCUT2D eigenvalue weighted by atomic mass is 9.95. The highest BCUT2D eigenvalue weighted by molar-refractivity contribution is 8.17. The highest BCUT2D eigenvalue weighted by Crippen LogP contribution is 2.35. The summed E-state index contributed by atoms with van der Waals surface area (Å²) in [5, 5.41) is 22.2. The molecule has 1 fully saturated rings. The fourth-order valence-corrected chi connectivity index (χ4v) is 4.68. The Kier molecular flexibility index (Phi) is 6.60. The van der Waals surface area contributed by atoms with Gasteiger partial charge in [0, 0.05) is 4.91 Å². The van der Waals surface area contributed by atoms with Crippen LogP contribution in [0.4, 0.5) is 0 Å². The molecule has 0 bridgehead atoms. The fourth-order valence-electron chi connectivity index (χ4n) is 1.72. The molecular formula is C10H16N4OS2. The van der Waals surface area contributed by atoms with Gasteiger partial charge in [0.25, 0.3) is 0 Å². The molecule has 5 nitrogen and oxygen atoms in total. The molecule has 0 unspecified atom stereocenters. The number of aliphatic hydroxyl groups is 1. The minimum atomic E-state index is -0.769. The summed E-state index contributed by atoms with van der Waals surface area (Å²) in [5.41, 5.74) is 8.55. The van der Waals surface area contributed by atoms with Crippen LogP contribution in [-0.4, -0.2) is 33.3 Å². The molecule has 17 heavy (non-hydrogen) atoms. The van der Waals surface area contributed by atoms with Gasteiger partial charge < -0.3 is 5.11 Å². The van der Waals surface area contributed by atoms with E-state index in [1.54, 1.807) is 6.92 Å². The summed E-state index contributed by atoms with van der Waals surface area (Å²) in [6.45, 7) is 1.56. The molecule has 1 aliphatic rings. The van der Waals surface area contributed by atoms with E-state index in [1.165, 1.54) is 6.42 Å². The van der Waals surface area contributed by atoms with Gasteiger partial charge in [-0.15, -0.1) is 23.5 Å². The number of nitriles is 1. The van der Waals surface area contributed by atoms with E-state index in [1.807, 2.05) is 29.6 Å². The van der Waals surface area contributed by atoms with Crippen LogP contribution in [0.2, 0.25) is 0 Å². The first-order valence-electron chi connectivity index (χ1n) is 5.54. The minimum absolute atomic E-state index is 0.369. The zero-order valence-corrected chi connectivity index (χ0v) is 11.3. The smallest absolute Gasteiger partial charge is 0.0805 e. The Hall–Kier alpha value is -0.540. The number of rotatable bonds is 5. The van der Waals surface area contributed by atoms with Crippen molar-refractivity contribution in [1.29, 1.82) is 5.26 Å². The first-order valence-corrected chi connectivity index (χ1v) is 7.64. The zero-order valence-electron chi connectivity index (χ0n) is 9.69. The Balaban J connectivity index is 2.64. The largest absolute Gasteiger partial charge is 0.392 e. The Labute approximate surface area is 110 Å². The predicted octanol–water partition coefficient (Wildman–Crippen LogP) is 2.77. The minimum Gasteiger partial charge on any atom is -0.392 e. The summed E-state index contributed by atoms with van der Waals surface area (Å²) < 4.78 is 0.369. The van der Waals surface area contributed by atoms with E-state index in [0.717, 1.165) is 11.5 Å². The number of hydrogen-bond acceptors (Lipinski definition) is 5. The quantitative estimate of drug-likeness (QED) is 0.473. The lowest BCUT2D eigenvalue weighted by Gasteiger charge is -2.26. The molecule has 0 aromatic rings. The second kappa shape index (κ2) is 7.72. The average Bonchev–Trinajstić information content (AvgIpc) is 2.31. The number of hydrogen-bond donors (Lipinski definition) is 1. The number of thioether (sulfide) groups is 2.